The van der Waals surface area contributed by atoms with Crippen LogP contribution in [0.15, 0.2) is 30.6 Å². The Kier molecular flexibility index (Phi) is 4.04. The van der Waals surface area contributed by atoms with Crippen molar-refractivity contribution in [2.45, 2.75) is 6.54 Å². The monoisotopic (exact) mass is 300 g/mol. The smallest absolute Gasteiger partial charge is 0.360 e. The normalized spacial score (nSPS) is 12.6. The third-order valence-electron chi connectivity index (χ3n) is 3.26. The summed E-state index contributed by atoms with van der Waals surface area (Å²) in [6, 6.07) is 5.92. The lowest BCUT2D eigenvalue weighted by Crippen LogP contribution is -2.18. The predicted octanol–water partition coefficient (Wildman–Crippen LogP) is 1.68. The van der Waals surface area contributed by atoms with E-state index in [2.05, 4.69) is 20.6 Å². The average Bonchev–Trinajstić information content (AvgIpc) is 2.59. The molecule has 7 nitrogen and oxygen atoms in total. The van der Waals surface area contributed by atoms with E-state index >= 15 is 0 Å². The summed E-state index contributed by atoms with van der Waals surface area (Å²) >= 11 is 0. The summed E-state index contributed by atoms with van der Waals surface area (Å²) in [7, 11) is 1.31. The van der Waals surface area contributed by atoms with Crippen molar-refractivity contribution in [2.24, 2.45) is 0 Å². The molecule has 2 heterocycles. The number of hydrogen-bond acceptors (Lipinski definition) is 7. The van der Waals surface area contributed by atoms with E-state index in [0.29, 0.717) is 19.0 Å². The lowest BCUT2D eigenvalue weighted by molar-refractivity contribution is 0.0594. The number of fused-ring (bicyclic) bond motifs is 1. The number of carbonyl (C=O) groups excluding carboxylic acids is 1. The SMILES string of the molecule is COC(=O)c1nccnc1NCc1ccc2c(c1)OCCN2. The molecule has 2 aromatic rings. The molecule has 0 aliphatic carbocycles. The molecule has 0 spiro atoms. The highest BCUT2D eigenvalue weighted by molar-refractivity contribution is 5.92. The van der Waals surface area contributed by atoms with Gasteiger partial charge in [0.2, 0.25) is 0 Å². The molecule has 0 unspecified atom stereocenters. The first-order valence-electron chi connectivity index (χ1n) is 6.90. The van der Waals surface area contributed by atoms with Crippen molar-refractivity contribution < 1.29 is 14.3 Å². The second kappa shape index (κ2) is 6.30. The Hall–Kier alpha value is -2.83. The Morgan fingerprint density at radius 1 is 1.41 bits per heavy atom. The molecule has 2 N–H and O–H groups in total. The summed E-state index contributed by atoms with van der Waals surface area (Å²) in [5.74, 6) is 0.706. The van der Waals surface area contributed by atoms with Gasteiger partial charge in [-0.15, -0.1) is 0 Å². The summed E-state index contributed by atoms with van der Waals surface area (Å²) < 4.78 is 10.3. The number of hydrogen-bond donors (Lipinski definition) is 2. The van der Waals surface area contributed by atoms with Crippen molar-refractivity contribution in [1.82, 2.24) is 9.97 Å². The number of benzene rings is 1. The Bertz CT molecular complexity index is 690. The Morgan fingerprint density at radius 3 is 3.14 bits per heavy atom. The molecule has 22 heavy (non-hydrogen) atoms. The first-order chi connectivity index (χ1) is 10.8. The highest BCUT2D eigenvalue weighted by Gasteiger charge is 2.15. The molecule has 1 aromatic carbocycles. The number of ether oxygens (including phenoxy) is 2. The third-order valence-corrected chi connectivity index (χ3v) is 3.26. The molecule has 0 amide bonds. The van der Waals surface area contributed by atoms with E-state index in [1.807, 2.05) is 18.2 Å². The fraction of sp³-hybridized carbons (Fsp3) is 0.267. The van der Waals surface area contributed by atoms with Crippen LogP contribution < -0.4 is 15.4 Å². The summed E-state index contributed by atoms with van der Waals surface area (Å²) in [6.07, 6.45) is 2.98. The molecule has 0 saturated heterocycles. The van der Waals surface area contributed by atoms with Crippen molar-refractivity contribution in [1.29, 1.82) is 0 Å². The number of nitrogens with zero attached hydrogens (tertiary/aromatic N) is 2. The first-order valence-corrected chi connectivity index (χ1v) is 6.90. The van der Waals surface area contributed by atoms with Crippen LogP contribution in [-0.4, -0.2) is 36.2 Å². The van der Waals surface area contributed by atoms with Gasteiger partial charge in [-0.3, -0.25) is 0 Å². The zero-order valence-corrected chi connectivity index (χ0v) is 12.1. The number of esters is 1. The van der Waals surface area contributed by atoms with Gasteiger partial charge >= 0.3 is 5.97 Å². The molecule has 1 aliphatic rings. The molecule has 114 valence electrons. The zero-order valence-electron chi connectivity index (χ0n) is 12.1. The van der Waals surface area contributed by atoms with Gasteiger partial charge in [-0.25, -0.2) is 14.8 Å². The maximum atomic E-state index is 11.6. The minimum atomic E-state index is -0.520. The second-order valence-electron chi connectivity index (χ2n) is 4.70. The highest BCUT2D eigenvalue weighted by atomic mass is 16.5. The van der Waals surface area contributed by atoms with Gasteiger partial charge in [-0.2, -0.15) is 0 Å². The topological polar surface area (TPSA) is 85.4 Å². The van der Waals surface area contributed by atoms with Gasteiger partial charge in [-0.1, -0.05) is 6.07 Å². The van der Waals surface area contributed by atoms with Crippen LogP contribution in [0.1, 0.15) is 16.1 Å². The molecule has 1 aromatic heterocycles. The summed E-state index contributed by atoms with van der Waals surface area (Å²) in [5.41, 5.74) is 2.18. The van der Waals surface area contributed by atoms with Crippen LogP contribution in [0.5, 0.6) is 5.75 Å². The molecule has 1 aliphatic heterocycles. The van der Waals surface area contributed by atoms with Crippen molar-refractivity contribution in [3.8, 4) is 5.75 Å². The molecule has 0 bridgehead atoms. The fourth-order valence-corrected chi connectivity index (χ4v) is 2.19. The van der Waals surface area contributed by atoms with E-state index in [1.165, 1.54) is 19.5 Å². The van der Waals surface area contributed by atoms with Gasteiger partial charge in [0.25, 0.3) is 0 Å². The van der Waals surface area contributed by atoms with Gasteiger partial charge < -0.3 is 20.1 Å². The van der Waals surface area contributed by atoms with E-state index in [1.54, 1.807) is 0 Å². The minimum Gasteiger partial charge on any atom is -0.490 e. The van der Waals surface area contributed by atoms with E-state index in [-0.39, 0.29) is 5.69 Å². The van der Waals surface area contributed by atoms with Crippen LogP contribution in [0, 0.1) is 0 Å². The average molecular weight is 300 g/mol. The fourth-order valence-electron chi connectivity index (χ4n) is 2.19. The van der Waals surface area contributed by atoms with Crippen LogP contribution in [-0.2, 0) is 11.3 Å². The van der Waals surface area contributed by atoms with Gasteiger partial charge in [0.15, 0.2) is 11.5 Å². The van der Waals surface area contributed by atoms with Crippen LogP contribution >= 0.6 is 0 Å². The Balaban J connectivity index is 1.74. The molecule has 0 radical (unpaired) electrons. The van der Waals surface area contributed by atoms with Crippen LogP contribution in [0.2, 0.25) is 0 Å². The number of methoxy groups -OCH3 is 1. The Morgan fingerprint density at radius 2 is 2.27 bits per heavy atom. The summed E-state index contributed by atoms with van der Waals surface area (Å²) in [5, 5.41) is 6.37. The van der Waals surface area contributed by atoms with E-state index in [4.69, 9.17) is 9.47 Å². The number of nitrogens with one attached hydrogen (secondary N) is 2. The molecular weight excluding hydrogens is 284 g/mol. The predicted molar refractivity (Wildman–Crippen MR) is 81.1 cm³/mol. The van der Waals surface area contributed by atoms with E-state index in [9.17, 15) is 4.79 Å². The number of rotatable bonds is 4. The largest absolute Gasteiger partial charge is 0.490 e. The zero-order chi connectivity index (χ0) is 15.4. The molecular formula is C15H16N4O3. The molecule has 3 rings (SSSR count). The van der Waals surface area contributed by atoms with E-state index in [0.717, 1.165) is 23.5 Å². The highest BCUT2D eigenvalue weighted by Crippen LogP contribution is 2.28. The minimum absolute atomic E-state index is 0.167. The van der Waals surface area contributed by atoms with Crippen LogP contribution in [0.25, 0.3) is 0 Å². The maximum Gasteiger partial charge on any atom is 0.360 e. The van der Waals surface area contributed by atoms with Gasteiger partial charge in [-0.05, 0) is 17.7 Å². The number of aromatic nitrogens is 2. The molecule has 0 fully saturated rings. The van der Waals surface area contributed by atoms with Crippen molar-refractivity contribution in [2.75, 3.05) is 30.9 Å². The first kappa shape index (κ1) is 14.1. The van der Waals surface area contributed by atoms with Gasteiger partial charge in [0.05, 0.1) is 12.8 Å². The quantitative estimate of drug-likeness (QED) is 0.831. The van der Waals surface area contributed by atoms with Gasteiger partial charge in [0, 0.05) is 25.5 Å². The van der Waals surface area contributed by atoms with E-state index < -0.39 is 5.97 Å². The third kappa shape index (κ3) is 2.93. The number of carbonyl (C=O) groups is 1. The van der Waals surface area contributed by atoms with Crippen LogP contribution in [0.3, 0.4) is 0 Å². The van der Waals surface area contributed by atoms with Gasteiger partial charge in [0.1, 0.15) is 12.4 Å². The molecule has 0 saturated carbocycles. The molecule has 7 heteroatoms. The summed E-state index contributed by atoms with van der Waals surface area (Å²) in [4.78, 5) is 19.8. The van der Waals surface area contributed by atoms with Crippen molar-refractivity contribution in [3.05, 3.63) is 41.9 Å². The second-order valence-corrected chi connectivity index (χ2v) is 4.70. The Labute approximate surface area is 127 Å². The maximum absolute atomic E-state index is 11.6. The lowest BCUT2D eigenvalue weighted by atomic mass is 10.1. The lowest BCUT2D eigenvalue weighted by Gasteiger charge is -2.19. The summed E-state index contributed by atoms with van der Waals surface area (Å²) in [6.45, 7) is 1.96. The molecule has 0 atom stereocenters. The van der Waals surface area contributed by atoms with Crippen LogP contribution in [0.4, 0.5) is 11.5 Å². The van der Waals surface area contributed by atoms with Crippen molar-refractivity contribution in [3.63, 3.8) is 0 Å². The number of anilines is 2. The van der Waals surface area contributed by atoms with Crippen molar-refractivity contribution >= 4 is 17.5 Å². The standard InChI is InChI=1S/C15H16N4O3/c1-21-15(20)13-14(18-5-4-17-13)19-9-10-2-3-11-12(8-10)22-7-6-16-11/h2-5,8,16H,6-7,9H2,1H3,(H,18,19).